The zero-order valence-corrected chi connectivity index (χ0v) is 32.9. The van der Waals surface area contributed by atoms with Gasteiger partial charge in [0.15, 0.2) is 0 Å². The number of carboxylic acid groups (broad SMARTS) is 2. The Balaban J connectivity index is 1.15. The van der Waals surface area contributed by atoms with Gasteiger partial charge in [0.2, 0.25) is 23.5 Å². The number of β-amino-alcohol motifs (C(OH)–C–C–N with tert-alkyl or cyclic N) is 2. The van der Waals surface area contributed by atoms with Gasteiger partial charge in [0.05, 0.1) is 26.4 Å². The summed E-state index contributed by atoms with van der Waals surface area (Å²) in [6, 6.07) is 13.5. The standard InChI is InChI=1S/C40H44Cl2N4O10/c1-21-23(19-55-37-31(41)11-25(35(43-37)53-3)15-45-17-27(47)13-33(45)39(49)50)7-5-9-29(21)30-10-6-8-24(22(30)2)20-56-38-32(42)12-26(36(44-38)54-4)16-46-18-28(48)14-34(46)40(51)52/h5-12,27-28,33-34,47-48H,13-20H2,1-4H3,(H,49,50)(H,51,52)/t27-,28-,33-,34-/m0/s1. The first kappa shape index (κ1) is 40.9. The minimum absolute atomic E-state index is 0.139. The number of pyridine rings is 2. The minimum Gasteiger partial charge on any atom is -0.481 e. The average molecular weight is 812 g/mol. The molecule has 16 heteroatoms. The van der Waals surface area contributed by atoms with Crippen LogP contribution in [0.25, 0.3) is 11.1 Å². The smallest absolute Gasteiger partial charge is 0.321 e. The van der Waals surface area contributed by atoms with Gasteiger partial charge in [-0.25, -0.2) is 0 Å². The van der Waals surface area contributed by atoms with Gasteiger partial charge >= 0.3 is 11.9 Å². The maximum Gasteiger partial charge on any atom is 0.321 e. The second-order valence-electron chi connectivity index (χ2n) is 14.0. The number of carbonyl (C=O) groups is 2. The quantitative estimate of drug-likeness (QED) is 0.122. The predicted octanol–water partition coefficient (Wildman–Crippen LogP) is 5.28. The Morgan fingerprint density at radius 2 is 1.07 bits per heavy atom. The van der Waals surface area contributed by atoms with Gasteiger partial charge in [0.1, 0.15) is 35.3 Å². The number of aliphatic hydroxyl groups excluding tert-OH is 2. The lowest BCUT2D eigenvalue weighted by atomic mass is 9.92. The fourth-order valence-electron chi connectivity index (χ4n) is 7.39. The Kier molecular flexibility index (Phi) is 12.9. The molecule has 4 heterocycles. The highest BCUT2D eigenvalue weighted by Crippen LogP contribution is 2.36. The van der Waals surface area contributed by atoms with Gasteiger partial charge in [0, 0.05) is 50.1 Å². The number of methoxy groups -OCH3 is 2. The van der Waals surface area contributed by atoms with Crippen molar-refractivity contribution in [2.75, 3.05) is 27.3 Å². The molecule has 2 saturated heterocycles. The summed E-state index contributed by atoms with van der Waals surface area (Å²) in [5.41, 5.74) is 6.92. The molecule has 0 spiro atoms. The molecule has 2 aromatic carbocycles. The maximum absolute atomic E-state index is 11.7. The number of aliphatic carboxylic acids is 2. The van der Waals surface area contributed by atoms with Crippen molar-refractivity contribution in [3.05, 3.63) is 92.0 Å². The number of likely N-dealkylation sites (tertiary alicyclic amines) is 2. The monoisotopic (exact) mass is 810 g/mol. The molecule has 56 heavy (non-hydrogen) atoms. The third kappa shape index (κ3) is 8.96. The fraction of sp³-hybridized carbons (Fsp3) is 0.400. The second kappa shape index (κ2) is 17.6. The van der Waals surface area contributed by atoms with Crippen LogP contribution in [0.1, 0.15) is 46.2 Å². The molecule has 0 saturated carbocycles. The Morgan fingerprint density at radius 1 is 0.679 bits per heavy atom. The van der Waals surface area contributed by atoms with Crippen molar-refractivity contribution < 1.29 is 49.0 Å². The molecule has 2 aromatic heterocycles. The molecule has 0 amide bonds. The van der Waals surface area contributed by atoms with Gasteiger partial charge in [0.25, 0.3) is 0 Å². The summed E-state index contributed by atoms with van der Waals surface area (Å²) in [6.45, 7) is 5.13. The number of nitrogens with zero attached hydrogens (tertiary/aromatic N) is 4. The van der Waals surface area contributed by atoms with Crippen LogP contribution in [0.15, 0.2) is 48.5 Å². The number of halogens is 2. The van der Waals surface area contributed by atoms with E-state index in [1.54, 1.807) is 21.9 Å². The number of rotatable bonds is 15. The molecule has 2 aliphatic rings. The van der Waals surface area contributed by atoms with E-state index in [4.69, 9.17) is 42.1 Å². The van der Waals surface area contributed by atoms with E-state index in [1.807, 2.05) is 50.2 Å². The molecule has 4 atom stereocenters. The van der Waals surface area contributed by atoms with Gasteiger partial charge in [-0.2, -0.15) is 9.97 Å². The van der Waals surface area contributed by atoms with Crippen LogP contribution in [0.5, 0.6) is 23.5 Å². The van der Waals surface area contributed by atoms with E-state index in [0.29, 0.717) is 11.1 Å². The van der Waals surface area contributed by atoms with E-state index in [9.17, 15) is 30.0 Å². The van der Waals surface area contributed by atoms with E-state index in [0.717, 1.165) is 33.4 Å². The lowest BCUT2D eigenvalue weighted by Crippen LogP contribution is -2.35. The largest absolute Gasteiger partial charge is 0.481 e. The molecule has 2 fully saturated rings. The van der Waals surface area contributed by atoms with Crippen molar-refractivity contribution in [2.24, 2.45) is 0 Å². The molecule has 4 aromatic rings. The average Bonchev–Trinajstić information content (AvgIpc) is 3.73. The third-order valence-corrected chi connectivity index (χ3v) is 10.9. The van der Waals surface area contributed by atoms with E-state index in [-0.39, 0.29) is 85.8 Å². The Hall–Kier alpha value is -4.70. The Labute approximate surface area is 334 Å². The second-order valence-corrected chi connectivity index (χ2v) is 14.8. The Morgan fingerprint density at radius 3 is 1.43 bits per heavy atom. The number of aromatic nitrogens is 2. The SMILES string of the molecule is COc1nc(OCc2cccc(-c3cccc(COc4nc(OC)c(CN5C[C@@H](O)C[C@H]5C(=O)O)cc4Cl)c3C)c2C)c(Cl)cc1CN1C[C@@H](O)C[C@H]1C(=O)O. The molecular formula is C40H44Cl2N4O10. The first-order chi connectivity index (χ1) is 26.8. The normalized spacial score (nSPS) is 19.9. The van der Waals surface area contributed by atoms with Crippen molar-refractivity contribution in [2.45, 2.75) is 77.3 Å². The minimum atomic E-state index is -1.01. The summed E-state index contributed by atoms with van der Waals surface area (Å²) < 4.78 is 23.3. The van der Waals surface area contributed by atoms with Gasteiger partial charge < -0.3 is 39.4 Å². The molecule has 0 unspecified atom stereocenters. The predicted molar refractivity (Wildman–Crippen MR) is 207 cm³/mol. The van der Waals surface area contributed by atoms with Crippen molar-refractivity contribution in [1.29, 1.82) is 0 Å². The van der Waals surface area contributed by atoms with Crippen molar-refractivity contribution in [3.8, 4) is 34.6 Å². The zero-order chi connectivity index (χ0) is 40.3. The summed E-state index contributed by atoms with van der Waals surface area (Å²) in [4.78, 5) is 35.8. The number of ether oxygens (including phenoxy) is 4. The lowest BCUT2D eigenvalue weighted by molar-refractivity contribution is -0.143. The van der Waals surface area contributed by atoms with E-state index in [2.05, 4.69) is 9.97 Å². The molecule has 14 nitrogen and oxygen atoms in total. The van der Waals surface area contributed by atoms with Crippen LogP contribution in [0.2, 0.25) is 10.0 Å². The number of hydrogen-bond acceptors (Lipinski definition) is 12. The summed E-state index contributed by atoms with van der Waals surface area (Å²) >= 11 is 13.2. The van der Waals surface area contributed by atoms with E-state index < -0.39 is 36.2 Å². The van der Waals surface area contributed by atoms with Gasteiger partial charge in [-0.3, -0.25) is 19.4 Å². The molecule has 0 radical (unpaired) electrons. The van der Waals surface area contributed by atoms with Gasteiger partial charge in [-0.1, -0.05) is 59.6 Å². The first-order valence-electron chi connectivity index (χ1n) is 18.0. The van der Waals surface area contributed by atoms with Crippen LogP contribution < -0.4 is 18.9 Å². The van der Waals surface area contributed by atoms with Crippen LogP contribution in [0, 0.1) is 13.8 Å². The lowest BCUT2D eigenvalue weighted by Gasteiger charge is -2.22. The molecule has 4 N–H and O–H groups in total. The van der Waals surface area contributed by atoms with Crippen molar-refractivity contribution in [1.82, 2.24) is 19.8 Å². The van der Waals surface area contributed by atoms with Gasteiger partial charge in [-0.15, -0.1) is 0 Å². The molecule has 2 aliphatic heterocycles. The van der Waals surface area contributed by atoms with Crippen molar-refractivity contribution >= 4 is 35.1 Å². The van der Waals surface area contributed by atoms with Crippen LogP contribution >= 0.6 is 23.2 Å². The topological polar surface area (TPSA) is 184 Å². The highest BCUT2D eigenvalue weighted by atomic mass is 35.5. The summed E-state index contributed by atoms with van der Waals surface area (Å²) in [6.07, 6.45) is -1.20. The maximum atomic E-state index is 11.7. The van der Waals surface area contributed by atoms with E-state index >= 15 is 0 Å². The van der Waals surface area contributed by atoms with Crippen LogP contribution in [-0.2, 0) is 35.9 Å². The zero-order valence-electron chi connectivity index (χ0n) is 31.4. The highest BCUT2D eigenvalue weighted by molar-refractivity contribution is 6.32. The van der Waals surface area contributed by atoms with Crippen LogP contribution in [0.3, 0.4) is 0 Å². The van der Waals surface area contributed by atoms with E-state index in [1.165, 1.54) is 14.2 Å². The number of carboxylic acids is 2. The molecule has 0 aliphatic carbocycles. The highest BCUT2D eigenvalue weighted by Gasteiger charge is 2.37. The number of aliphatic hydroxyl groups is 2. The molecular weight excluding hydrogens is 767 g/mol. The van der Waals surface area contributed by atoms with Crippen LogP contribution in [-0.4, -0.2) is 104 Å². The summed E-state index contributed by atoms with van der Waals surface area (Å²) in [5.74, 6) is -1.18. The summed E-state index contributed by atoms with van der Waals surface area (Å²) in [7, 11) is 2.93. The summed E-state index contributed by atoms with van der Waals surface area (Å²) in [5, 5.41) is 39.8. The third-order valence-electron chi connectivity index (χ3n) is 10.3. The van der Waals surface area contributed by atoms with Crippen molar-refractivity contribution in [3.63, 3.8) is 0 Å². The molecule has 6 rings (SSSR count). The fourth-order valence-corrected chi connectivity index (χ4v) is 7.84. The number of benzene rings is 2. The van der Waals surface area contributed by atoms with Gasteiger partial charge in [-0.05, 0) is 59.4 Å². The van der Waals surface area contributed by atoms with Crippen LogP contribution in [0.4, 0.5) is 0 Å². The molecule has 0 bridgehead atoms. The molecule has 298 valence electrons. The number of hydrogen-bond donors (Lipinski definition) is 4. The first-order valence-corrected chi connectivity index (χ1v) is 18.7. The Bertz CT molecular complexity index is 1960.